The summed E-state index contributed by atoms with van der Waals surface area (Å²) < 4.78 is 3.08. The van der Waals surface area contributed by atoms with Crippen LogP contribution in [0.15, 0.2) is 46.3 Å². The molecule has 7 nitrogen and oxygen atoms in total. The fraction of sp³-hybridized carbons (Fsp3) is 0.300. The molecule has 0 aromatic carbocycles. The van der Waals surface area contributed by atoms with Gasteiger partial charge in [0.05, 0.1) is 18.6 Å². The molecule has 1 atom stereocenters. The molecule has 1 aliphatic heterocycles. The van der Waals surface area contributed by atoms with Crippen molar-refractivity contribution in [2.45, 2.75) is 25.4 Å². The molecule has 0 bridgehead atoms. The van der Waals surface area contributed by atoms with Crippen LogP contribution in [0.1, 0.15) is 27.8 Å². The number of rotatable bonds is 4. The van der Waals surface area contributed by atoms with E-state index < -0.39 is 0 Å². The van der Waals surface area contributed by atoms with Crippen LogP contribution in [0.2, 0.25) is 0 Å². The van der Waals surface area contributed by atoms with Crippen LogP contribution in [0, 0.1) is 0 Å². The molecular weight excluding hydrogens is 406 g/mol. The van der Waals surface area contributed by atoms with E-state index in [1.165, 1.54) is 32.4 Å². The van der Waals surface area contributed by atoms with Crippen LogP contribution in [-0.4, -0.2) is 36.7 Å². The van der Waals surface area contributed by atoms with Crippen molar-refractivity contribution in [1.29, 1.82) is 0 Å². The van der Waals surface area contributed by atoms with Crippen molar-refractivity contribution in [3.8, 4) is 0 Å². The van der Waals surface area contributed by atoms with Gasteiger partial charge in [0.25, 0.3) is 5.56 Å². The van der Waals surface area contributed by atoms with Crippen LogP contribution in [0.5, 0.6) is 0 Å². The van der Waals surface area contributed by atoms with Gasteiger partial charge in [-0.15, -0.1) is 22.7 Å². The lowest BCUT2D eigenvalue weighted by Gasteiger charge is -2.35. The highest BCUT2D eigenvalue weighted by molar-refractivity contribution is 7.10. The van der Waals surface area contributed by atoms with Gasteiger partial charge in [-0.3, -0.25) is 18.8 Å². The maximum absolute atomic E-state index is 13.2. The summed E-state index contributed by atoms with van der Waals surface area (Å²) in [6.07, 6.45) is 4.17. The molecule has 0 radical (unpaired) electrons. The summed E-state index contributed by atoms with van der Waals surface area (Å²) in [6, 6.07) is 6.22. The number of hydrogen-bond donors (Lipinski definition) is 0. The summed E-state index contributed by atoms with van der Waals surface area (Å²) in [5.41, 5.74) is 1.62. The largest absolute Gasteiger partial charge is 0.330 e. The molecule has 148 valence electrons. The average Bonchev–Trinajstić information content (AvgIpc) is 3.48. The first-order chi connectivity index (χ1) is 14.1. The Balaban J connectivity index is 1.39. The van der Waals surface area contributed by atoms with Gasteiger partial charge in [-0.1, -0.05) is 6.07 Å². The lowest BCUT2D eigenvalue weighted by Crippen LogP contribution is -2.40. The van der Waals surface area contributed by atoms with Crippen molar-refractivity contribution < 1.29 is 4.79 Å². The maximum Gasteiger partial charge on any atom is 0.264 e. The number of nitrogens with zero attached hydrogens (tertiary/aromatic N) is 5. The first-order valence-corrected chi connectivity index (χ1v) is 11.2. The van der Waals surface area contributed by atoms with Crippen LogP contribution in [0.4, 0.5) is 0 Å². The molecule has 9 heteroatoms. The first kappa shape index (κ1) is 18.3. The van der Waals surface area contributed by atoms with Gasteiger partial charge in [0.2, 0.25) is 5.91 Å². The van der Waals surface area contributed by atoms with Gasteiger partial charge in [0.15, 0.2) is 5.65 Å². The second-order valence-corrected chi connectivity index (χ2v) is 9.03. The average molecular weight is 426 g/mol. The summed E-state index contributed by atoms with van der Waals surface area (Å²) in [5, 5.41) is 8.71. The van der Waals surface area contributed by atoms with Crippen LogP contribution < -0.4 is 5.56 Å². The monoisotopic (exact) mass is 425 g/mol. The van der Waals surface area contributed by atoms with Crippen molar-refractivity contribution in [3.05, 3.63) is 67.2 Å². The molecule has 0 saturated heterocycles. The molecule has 5 heterocycles. The Morgan fingerprint density at radius 3 is 3.00 bits per heavy atom. The Morgan fingerprint density at radius 2 is 2.17 bits per heavy atom. The molecule has 0 aliphatic carbocycles. The molecule has 0 N–H and O–H groups in total. The van der Waals surface area contributed by atoms with E-state index in [2.05, 4.69) is 27.6 Å². The Hall–Kier alpha value is -2.78. The standard InChI is InChI=1S/C20H19N5O2S2/c1-23-19-14(11-22-23)20(27)24(12-21-19)7-5-17(26)25-8-4-15-13(6-10-29-15)18(25)16-3-2-9-28-16/h2-3,6,9-12,18H,4-5,7-8H2,1H3. The first-order valence-electron chi connectivity index (χ1n) is 9.40. The lowest BCUT2D eigenvalue weighted by molar-refractivity contribution is -0.133. The quantitative estimate of drug-likeness (QED) is 0.504. The number of fused-ring (bicyclic) bond motifs is 2. The minimum Gasteiger partial charge on any atom is -0.330 e. The number of carbonyl (C=O) groups is 1. The van der Waals surface area contributed by atoms with E-state index in [4.69, 9.17) is 0 Å². The van der Waals surface area contributed by atoms with Gasteiger partial charge in [0, 0.05) is 36.3 Å². The molecule has 4 aromatic heterocycles. The SMILES string of the molecule is Cn1ncc2c(=O)n(CCC(=O)N3CCc4sccc4C3c3cccs3)cnc21. The summed E-state index contributed by atoms with van der Waals surface area (Å²) in [7, 11) is 1.75. The van der Waals surface area contributed by atoms with Crippen molar-refractivity contribution in [2.75, 3.05) is 6.54 Å². The Kier molecular flexibility index (Phi) is 4.56. The number of hydrogen-bond acceptors (Lipinski definition) is 6. The molecule has 0 saturated carbocycles. The van der Waals surface area contributed by atoms with E-state index in [0.29, 0.717) is 24.1 Å². The number of amides is 1. The summed E-state index contributed by atoms with van der Waals surface area (Å²) in [4.78, 5) is 34.6. The second-order valence-electron chi connectivity index (χ2n) is 7.05. The van der Waals surface area contributed by atoms with Crippen molar-refractivity contribution in [2.24, 2.45) is 7.05 Å². The van der Waals surface area contributed by atoms with Crippen LogP contribution in [0.3, 0.4) is 0 Å². The fourth-order valence-electron chi connectivity index (χ4n) is 3.92. The molecule has 4 aromatic rings. The molecule has 0 fully saturated rings. The Morgan fingerprint density at radius 1 is 1.28 bits per heavy atom. The Labute approximate surface area is 174 Å². The molecule has 1 aliphatic rings. The van der Waals surface area contributed by atoms with Gasteiger partial charge in [0.1, 0.15) is 5.39 Å². The highest BCUT2D eigenvalue weighted by Crippen LogP contribution is 2.39. The molecule has 5 rings (SSSR count). The summed E-state index contributed by atoms with van der Waals surface area (Å²) >= 11 is 3.43. The molecule has 1 unspecified atom stereocenters. The van der Waals surface area contributed by atoms with Gasteiger partial charge < -0.3 is 4.90 Å². The number of carbonyl (C=O) groups excluding carboxylic acids is 1. The maximum atomic E-state index is 13.2. The van der Waals surface area contributed by atoms with Gasteiger partial charge in [-0.2, -0.15) is 5.10 Å². The zero-order valence-corrected chi connectivity index (χ0v) is 17.4. The predicted octanol–water partition coefficient (Wildman–Crippen LogP) is 2.82. The fourth-order valence-corrected chi connectivity index (χ4v) is 5.68. The molecule has 29 heavy (non-hydrogen) atoms. The highest BCUT2D eigenvalue weighted by atomic mass is 32.1. The third kappa shape index (κ3) is 3.10. The predicted molar refractivity (Wildman–Crippen MR) is 113 cm³/mol. The molecular formula is C20H19N5O2S2. The minimum absolute atomic E-state index is 0.0341. The van der Waals surface area contributed by atoms with Gasteiger partial charge in [-0.05, 0) is 34.9 Å². The summed E-state index contributed by atoms with van der Waals surface area (Å²) in [5.74, 6) is 0.0541. The lowest BCUT2D eigenvalue weighted by atomic mass is 9.98. The van der Waals surface area contributed by atoms with E-state index in [1.54, 1.807) is 34.4 Å². The second kappa shape index (κ2) is 7.23. The van der Waals surface area contributed by atoms with E-state index in [-0.39, 0.29) is 23.9 Å². The third-order valence-corrected chi connectivity index (χ3v) is 7.30. The van der Waals surface area contributed by atoms with Crippen LogP contribution in [-0.2, 0) is 24.8 Å². The van der Waals surface area contributed by atoms with Crippen molar-refractivity contribution in [1.82, 2.24) is 24.2 Å². The molecule has 0 spiro atoms. The van der Waals surface area contributed by atoms with E-state index in [1.807, 2.05) is 16.3 Å². The van der Waals surface area contributed by atoms with E-state index in [9.17, 15) is 9.59 Å². The van der Waals surface area contributed by atoms with E-state index >= 15 is 0 Å². The van der Waals surface area contributed by atoms with Crippen molar-refractivity contribution in [3.63, 3.8) is 0 Å². The Bertz CT molecular complexity index is 1240. The smallest absolute Gasteiger partial charge is 0.264 e. The normalized spacial score (nSPS) is 16.3. The summed E-state index contributed by atoms with van der Waals surface area (Å²) in [6.45, 7) is 1.00. The van der Waals surface area contributed by atoms with Crippen LogP contribution >= 0.6 is 22.7 Å². The third-order valence-electron chi connectivity index (χ3n) is 5.38. The van der Waals surface area contributed by atoms with Crippen LogP contribution in [0.25, 0.3) is 11.0 Å². The van der Waals surface area contributed by atoms with Gasteiger partial charge >= 0.3 is 0 Å². The highest BCUT2D eigenvalue weighted by Gasteiger charge is 2.33. The number of aromatic nitrogens is 4. The number of thiophene rings is 2. The number of aryl methyl sites for hydroxylation is 2. The minimum atomic E-state index is -0.163. The zero-order chi connectivity index (χ0) is 20.0. The van der Waals surface area contributed by atoms with Gasteiger partial charge in [-0.25, -0.2) is 4.98 Å². The zero-order valence-electron chi connectivity index (χ0n) is 15.8. The van der Waals surface area contributed by atoms with E-state index in [0.717, 1.165) is 6.42 Å². The topological polar surface area (TPSA) is 73.0 Å². The van der Waals surface area contributed by atoms with Crippen molar-refractivity contribution >= 4 is 39.6 Å². The molecule has 1 amide bonds.